The van der Waals surface area contributed by atoms with Crippen molar-refractivity contribution in [3.05, 3.63) is 48.0 Å². The van der Waals surface area contributed by atoms with Crippen molar-refractivity contribution in [3.63, 3.8) is 0 Å². The Bertz CT molecular complexity index is 403. The minimum atomic E-state index is -0.775. The number of carbonyl (C=O) groups is 1. The summed E-state index contributed by atoms with van der Waals surface area (Å²) in [6.07, 6.45) is 3.65. The Labute approximate surface area is 101 Å². The van der Waals surface area contributed by atoms with Gasteiger partial charge in [0.1, 0.15) is 0 Å². The summed E-state index contributed by atoms with van der Waals surface area (Å²) in [5.41, 5.74) is 2.69. The van der Waals surface area contributed by atoms with Crippen LogP contribution in [0.2, 0.25) is 0 Å². The van der Waals surface area contributed by atoms with Gasteiger partial charge in [-0.2, -0.15) is 0 Å². The van der Waals surface area contributed by atoms with Gasteiger partial charge in [-0.05, 0) is 24.0 Å². The maximum absolute atomic E-state index is 10.8. The van der Waals surface area contributed by atoms with Gasteiger partial charge in [-0.3, -0.25) is 9.69 Å². The van der Waals surface area contributed by atoms with E-state index in [1.807, 2.05) is 17.0 Å². The summed E-state index contributed by atoms with van der Waals surface area (Å²) < 4.78 is 0. The summed E-state index contributed by atoms with van der Waals surface area (Å²) in [7, 11) is 0. The highest BCUT2D eigenvalue weighted by Gasteiger charge is 2.26. The molecule has 1 aromatic carbocycles. The van der Waals surface area contributed by atoms with Crippen molar-refractivity contribution in [1.29, 1.82) is 0 Å². The Morgan fingerprint density at radius 1 is 1.41 bits per heavy atom. The van der Waals surface area contributed by atoms with Gasteiger partial charge in [0, 0.05) is 12.6 Å². The van der Waals surface area contributed by atoms with Crippen LogP contribution in [0.25, 0.3) is 0 Å². The van der Waals surface area contributed by atoms with Gasteiger partial charge in [0.25, 0.3) is 0 Å². The van der Waals surface area contributed by atoms with E-state index in [1.165, 1.54) is 11.1 Å². The summed E-state index contributed by atoms with van der Waals surface area (Å²) in [6, 6.07) is 8.62. The second-order valence-electron chi connectivity index (χ2n) is 4.44. The fraction of sp³-hybridized carbons (Fsp3) is 0.357. The third-order valence-corrected chi connectivity index (χ3v) is 3.25. The van der Waals surface area contributed by atoms with E-state index in [0.29, 0.717) is 12.6 Å². The van der Waals surface area contributed by atoms with E-state index in [2.05, 4.69) is 18.7 Å². The molecule has 1 N–H and O–H groups in total. The van der Waals surface area contributed by atoms with Crippen molar-refractivity contribution in [2.75, 3.05) is 13.1 Å². The van der Waals surface area contributed by atoms with E-state index in [1.54, 1.807) is 6.08 Å². The lowest BCUT2D eigenvalue weighted by atomic mass is 10.1. The van der Waals surface area contributed by atoms with Crippen molar-refractivity contribution >= 4 is 5.97 Å². The van der Waals surface area contributed by atoms with Crippen molar-refractivity contribution in [2.45, 2.75) is 18.9 Å². The quantitative estimate of drug-likeness (QED) is 0.784. The highest BCUT2D eigenvalue weighted by Crippen LogP contribution is 2.25. The number of nitrogens with zero attached hydrogens (tertiary/aromatic N) is 1. The van der Waals surface area contributed by atoms with Crippen molar-refractivity contribution in [1.82, 2.24) is 4.90 Å². The molecule has 0 spiro atoms. The van der Waals surface area contributed by atoms with Gasteiger partial charge in [-0.25, -0.2) is 0 Å². The Hall–Kier alpha value is -1.61. The molecule has 1 aromatic rings. The van der Waals surface area contributed by atoms with Crippen molar-refractivity contribution in [2.24, 2.45) is 0 Å². The van der Waals surface area contributed by atoms with Crippen molar-refractivity contribution < 1.29 is 9.90 Å². The van der Waals surface area contributed by atoms with Gasteiger partial charge >= 0.3 is 5.97 Å². The normalized spacial score (nSPS) is 14.9. The lowest BCUT2D eigenvalue weighted by Crippen LogP contribution is -2.39. The molecule has 0 aromatic heterocycles. The Kier molecular flexibility index (Phi) is 3.59. The molecule has 3 heteroatoms. The zero-order valence-corrected chi connectivity index (χ0v) is 9.80. The van der Waals surface area contributed by atoms with Gasteiger partial charge in [0.05, 0.1) is 6.54 Å². The minimum Gasteiger partial charge on any atom is -0.480 e. The summed E-state index contributed by atoms with van der Waals surface area (Å²) in [5.74, 6) is -0.775. The third-order valence-electron chi connectivity index (χ3n) is 3.25. The van der Waals surface area contributed by atoms with Crippen LogP contribution in [-0.2, 0) is 17.6 Å². The molecule has 0 atom stereocenters. The van der Waals surface area contributed by atoms with Crippen LogP contribution in [-0.4, -0.2) is 35.1 Å². The fourth-order valence-corrected chi connectivity index (χ4v) is 2.48. The van der Waals surface area contributed by atoms with Crippen LogP contribution in [0.3, 0.4) is 0 Å². The molecule has 0 saturated heterocycles. The van der Waals surface area contributed by atoms with E-state index in [9.17, 15) is 4.79 Å². The SMILES string of the molecule is C=CCN(CC(=O)O)C1Cc2ccccc2C1. The molecule has 0 fully saturated rings. The Morgan fingerprint density at radius 2 is 2.00 bits per heavy atom. The predicted octanol–water partition coefficient (Wildman–Crippen LogP) is 1.73. The molecule has 3 nitrogen and oxygen atoms in total. The Morgan fingerprint density at radius 3 is 2.47 bits per heavy atom. The molecule has 0 radical (unpaired) electrons. The predicted molar refractivity (Wildman–Crippen MR) is 67.0 cm³/mol. The van der Waals surface area contributed by atoms with Crippen LogP contribution in [0.1, 0.15) is 11.1 Å². The van der Waals surface area contributed by atoms with Crippen LogP contribution >= 0.6 is 0 Å². The second kappa shape index (κ2) is 5.15. The molecule has 17 heavy (non-hydrogen) atoms. The first kappa shape index (κ1) is 11.9. The number of fused-ring (bicyclic) bond motifs is 1. The van der Waals surface area contributed by atoms with E-state index in [0.717, 1.165) is 12.8 Å². The van der Waals surface area contributed by atoms with Crippen LogP contribution < -0.4 is 0 Å². The molecule has 0 saturated carbocycles. The maximum atomic E-state index is 10.8. The molecule has 0 aliphatic heterocycles. The van der Waals surface area contributed by atoms with Crippen molar-refractivity contribution in [3.8, 4) is 0 Å². The minimum absolute atomic E-state index is 0.0880. The molecule has 1 aliphatic carbocycles. The fourth-order valence-electron chi connectivity index (χ4n) is 2.48. The van der Waals surface area contributed by atoms with Gasteiger partial charge < -0.3 is 5.11 Å². The molecule has 0 amide bonds. The lowest BCUT2D eigenvalue weighted by Gasteiger charge is -2.25. The first-order valence-corrected chi connectivity index (χ1v) is 5.84. The topological polar surface area (TPSA) is 40.5 Å². The number of carboxylic acid groups (broad SMARTS) is 1. The van der Waals surface area contributed by atoms with E-state index in [4.69, 9.17) is 5.11 Å². The number of benzene rings is 1. The zero-order chi connectivity index (χ0) is 12.3. The molecule has 0 heterocycles. The monoisotopic (exact) mass is 231 g/mol. The molecule has 90 valence electrons. The molecule has 2 rings (SSSR count). The lowest BCUT2D eigenvalue weighted by molar-refractivity contribution is -0.138. The number of aliphatic carboxylic acids is 1. The van der Waals surface area contributed by atoms with E-state index >= 15 is 0 Å². The van der Waals surface area contributed by atoms with Gasteiger partial charge in [-0.1, -0.05) is 30.3 Å². The van der Waals surface area contributed by atoms with Crippen LogP contribution in [0, 0.1) is 0 Å². The summed E-state index contributed by atoms with van der Waals surface area (Å²) in [5, 5.41) is 8.91. The third kappa shape index (κ3) is 2.74. The van der Waals surface area contributed by atoms with Gasteiger partial charge in [0.2, 0.25) is 0 Å². The van der Waals surface area contributed by atoms with Crippen LogP contribution in [0.5, 0.6) is 0 Å². The van der Waals surface area contributed by atoms with Crippen LogP contribution in [0.4, 0.5) is 0 Å². The average Bonchev–Trinajstić information content (AvgIpc) is 2.71. The summed E-state index contributed by atoms with van der Waals surface area (Å²) in [4.78, 5) is 12.8. The first-order chi connectivity index (χ1) is 8.20. The van der Waals surface area contributed by atoms with E-state index < -0.39 is 5.97 Å². The number of carboxylic acids is 1. The first-order valence-electron chi connectivity index (χ1n) is 5.84. The molecular weight excluding hydrogens is 214 g/mol. The summed E-state index contributed by atoms with van der Waals surface area (Å²) in [6.45, 7) is 4.41. The Balaban J connectivity index is 2.08. The highest BCUT2D eigenvalue weighted by molar-refractivity contribution is 5.69. The van der Waals surface area contributed by atoms with E-state index in [-0.39, 0.29) is 6.54 Å². The molecule has 0 unspecified atom stereocenters. The number of rotatable bonds is 5. The van der Waals surface area contributed by atoms with Crippen LogP contribution in [0.15, 0.2) is 36.9 Å². The molecular formula is C14H17NO2. The molecule has 0 bridgehead atoms. The zero-order valence-electron chi connectivity index (χ0n) is 9.80. The van der Waals surface area contributed by atoms with Gasteiger partial charge in [-0.15, -0.1) is 6.58 Å². The number of hydrogen-bond acceptors (Lipinski definition) is 2. The largest absolute Gasteiger partial charge is 0.480 e. The highest BCUT2D eigenvalue weighted by atomic mass is 16.4. The average molecular weight is 231 g/mol. The van der Waals surface area contributed by atoms with Gasteiger partial charge in [0.15, 0.2) is 0 Å². The summed E-state index contributed by atoms with van der Waals surface area (Å²) >= 11 is 0. The standard InChI is InChI=1S/C14H17NO2/c1-2-7-15(10-14(16)17)13-8-11-5-3-4-6-12(11)9-13/h2-6,13H,1,7-10H2,(H,16,17). The maximum Gasteiger partial charge on any atom is 0.317 e. The smallest absolute Gasteiger partial charge is 0.317 e. The molecule has 1 aliphatic rings. The number of hydrogen-bond donors (Lipinski definition) is 1. The second-order valence-corrected chi connectivity index (χ2v) is 4.44.